The fourth-order valence-electron chi connectivity index (χ4n) is 4.16. The highest BCUT2D eigenvalue weighted by Gasteiger charge is 2.35. The minimum absolute atomic E-state index is 0.197. The molecule has 4 rings (SSSR count). The molecule has 0 unspecified atom stereocenters. The molecule has 3 heterocycles. The SMILES string of the molecule is CC(C)(C)c1nc(N2CCCN(CCCOc3nccc(OCc4ccccc4)n3)CC2)cc(C(F)(F)F)n1. The molecule has 11 heteroatoms. The van der Waals surface area contributed by atoms with Crippen LogP contribution in [0.4, 0.5) is 19.0 Å². The average molecular weight is 545 g/mol. The molecule has 0 N–H and O–H groups in total. The van der Waals surface area contributed by atoms with E-state index in [0.29, 0.717) is 38.0 Å². The Morgan fingerprint density at radius 1 is 0.897 bits per heavy atom. The standard InChI is InChI=1S/C28H35F3N6O2/c1-27(2,3)25-33-22(28(29,30)31)19-23(34-25)37-15-7-13-36(16-17-37)14-8-18-38-26-32-12-11-24(35-26)39-20-21-9-5-4-6-10-21/h4-6,9-12,19H,7-8,13-18,20H2,1-3H3. The van der Waals surface area contributed by atoms with Crippen LogP contribution in [0.5, 0.6) is 11.9 Å². The first-order valence-corrected chi connectivity index (χ1v) is 13.1. The maximum Gasteiger partial charge on any atom is 0.433 e. The lowest BCUT2D eigenvalue weighted by Crippen LogP contribution is -2.33. The van der Waals surface area contributed by atoms with Gasteiger partial charge in [0.2, 0.25) is 5.88 Å². The molecule has 0 radical (unpaired) electrons. The van der Waals surface area contributed by atoms with E-state index in [1.807, 2.05) is 56.0 Å². The summed E-state index contributed by atoms with van der Waals surface area (Å²) in [6.45, 7) is 9.88. The van der Waals surface area contributed by atoms with Crippen molar-refractivity contribution in [2.75, 3.05) is 44.2 Å². The zero-order valence-electron chi connectivity index (χ0n) is 22.6. The predicted octanol–water partition coefficient (Wildman–Crippen LogP) is 5.14. The van der Waals surface area contributed by atoms with Gasteiger partial charge in [0.15, 0.2) is 0 Å². The van der Waals surface area contributed by atoms with Crippen molar-refractivity contribution < 1.29 is 22.6 Å². The molecule has 0 saturated carbocycles. The van der Waals surface area contributed by atoms with Crippen LogP contribution in [0.3, 0.4) is 0 Å². The lowest BCUT2D eigenvalue weighted by atomic mass is 9.95. The molecular formula is C28H35F3N6O2. The van der Waals surface area contributed by atoms with Crippen LogP contribution in [0, 0.1) is 0 Å². The summed E-state index contributed by atoms with van der Waals surface area (Å²) in [5.74, 6) is 0.978. The number of alkyl halides is 3. The van der Waals surface area contributed by atoms with Crippen LogP contribution in [0.15, 0.2) is 48.7 Å². The van der Waals surface area contributed by atoms with E-state index in [9.17, 15) is 13.2 Å². The first kappa shape index (κ1) is 28.5. The zero-order valence-corrected chi connectivity index (χ0v) is 22.6. The van der Waals surface area contributed by atoms with Crippen molar-refractivity contribution in [3.63, 3.8) is 0 Å². The van der Waals surface area contributed by atoms with Crippen molar-refractivity contribution in [1.82, 2.24) is 24.8 Å². The van der Waals surface area contributed by atoms with Gasteiger partial charge < -0.3 is 19.3 Å². The highest BCUT2D eigenvalue weighted by molar-refractivity contribution is 5.41. The molecule has 3 aromatic rings. The summed E-state index contributed by atoms with van der Waals surface area (Å²) < 4.78 is 52.1. The second-order valence-electron chi connectivity index (χ2n) is 10.5. The van der Waals surface area contributed by atoms with Gasteiger partial charge in [0, 0.05) is 49.9 Å². The van der Waals surface area contributed by atoms with E-state index in [-0.39, 0.29) is 11.8 Å². The summed E-state index contributed by atoms with van der Waals surface area (Å²) in [7, 11) is 0. The van der Waals surface area contributed by atoms with Crippen LogP contribution < -0.4 is 14.4 Å². The first-order valence-electron chi connectivity index (χ1n) is 13.1. The summed E-state index contributed by atoms with van der Waals surface area (Å²) in [5.41, 5.74) is -0.442. The molecule has 1 aliphatic rings. The number of anilines is 1. The molecule has 2 aromatic heterocycles. The fourth-order valence-corrected chi connectivity index (χ4v) is 4.16. The smallest absolute Gasteiger partial charge is 0.433 e. The summed E-state index contributed by atoms with van der Waals surface area (Å²) in [4.78, 5) is 21.0. The monoisotopic (exact) mass is 544 g/mol. The van der Waals surface area contributed by atoms with Crippen LogP contribution in [0.2, 0.25) is 0 Å². The summed E-state index contributed by atoms with van der Waals surface area (Å²) in [5, 5.41) is 0. The van der Waals surface area contributed by atoms with E-state index in [4.69, 9.17) is 9.47 Å². The first-order chi connectivity index (χ1) is 18.6. The molecule has 39 heavy (non-hydrogen) atoms. The van der Waals surface area contributed by atoms with Gasteiger partial charge in [-0.3, -0.25) is 0 Å². The summed E-state index contributed by atoms with van der Waals surface area (Å²) in [6.07, 6.45) is -1.33. The Morgan fingerprint density at radius 2 is 1.69 bits per heavy atom. The van der Waals surface area contributed by atoms with E-state index in [1.54, 1.807) is 12.3 Å². The summed E-state index contributed by atoms with van der Waals surface area (Å²) >= 11 is 0. The van der Waals surface area contributed by atoms with Gasteiger partial charge in [-0.15, -0.1) is 0 Å². The van der Waals surface area contributed by atoms with Crippen LogP contribution in [0.1, 0.15) is 50.7 Å². The number of ether oxygens (including phenoxy) is 2. The Bertz CT molecular complexity index is 1170. The minimum Gasteiger partial charge on any atom is -0.473 e. The average Bonchev–Trinajstić information content (AvgIpc) is 3.15. The van der Waals surface area contributed by atoms with Crippen LogP contribution in [-0.4, -0.2) is 64.2 Å². The summed E-state index contributed by atoms with van der Waals surface area (Å²) in [6, 6.07) is 12.9. The van der Waals surface area contributed by atoms with Gasteiger partial charge in [0.25, 0.3) is 0 Å². The van der Waals surface area contributed by atoms with Gasteiger partial charge in [-0.1, -0.05) is 51.1 Å². The van der Waals surface area contributed by atoms with Gasteiger partial charge in [0.05, 0.1) is 6.61 Å². The van der Waals surface area contributed by atoms with E-state index in [2.05, 4.69) is 24.8 Å². The van der Waals surface area contributed by atoms with Crippen LogP contribution in [0.25, 0.3) is 0 Å². The molecule has 1 aromatic carbocycles. The number of nitrogens with zero attached hydrogens (tertiary/aromatic N) is 6. The molecule has 1 fully saturated rings. The van der Waals surface area contributed by atoms with Crippen molar-refractivity contribution in [3.8, 4) is 11.9 Å². The lowest BCUT2D eigenvalue weighted by Gasteiger charge is -2.26. The largest absolute Gasteiger partial charge is 0.473 e. The van der Waals surface area contributed by atoms with Crippen molar-refractivity contribution in [3.05, 3.63) is 65.7 Å². The van der Waals surface area contributed by atoms with Crippen LogP contribution in [-0.2, 0) is 18.2 Å². The van der Waals surface area contributed by atoms with Gasteiger partial charge in [-0.25, -0.2) is 15.0 Å². The molecule has 0 amide bonds. The number of hydrogen-bond donors (Lipinski definition) is 0. The molecule has 1 saturated heterocycles. The Labute approximate surface area is 227 Å². The normalized spacial score (nSPS) is 15.2. The molecule has 210 valence electrons. The number of rotatable bonds is 9. The maximum absolute atomic E-state index is 13.5. The highest BCUT2D eigenvalue weighted by atomic mass is 19.4. The highest BCUT2D eigenvalue weighted by Crippen LogP contribution is 2.32. The third-order valence-corrected chi connectivity index (χ3v) is 6.27. The zero-order chi connectivity index (χ0) is 27.9. The van der Waals surface area contributed by atoms with Crippen molar-refractivity contribution in [1.29, 1.82) is 0 Å². The Hall–Kier alpha value is -3.47. The van der Waals surface area contributed by atoms with E-state index < -0.39 is 17.3 Å². The fraction of sp³-hybridized carbons (Fsp3) is 0.500. The molecule has 0 aliphatic carbocycles. The lowest BCUT2D eigenvalue weighted by molar-refractivity contribution is -0.141. The number of hydrogen-bond acceptors (Lipinski definition) is 8. The number of benzene rings is 1. The Kier molecular flexibility index (Phi) is 9.21. The van der Waals surface area contributed by atoms with E-state index in [1.165, 1.54) is 0 Å². The molecular weight excluding hydrogens is 509 g/mol. The Morgan fingerprint density at radius 3 is 2.44 bits per heavy atom. The van der Waals surface area contributed by atoms with E-state index in [0.717, 1.165) is 44.1 Å². The van der Waals surface area contributed by atoms with Crippen molar-refractivity contribution in [2.24, 2.45) is 0 Å². The van der Waals surface area contributed by atoms with Gasteiger partial charge in [-0.2, -0.15) is 18.2 Å². The second-order valence-corrected chi connectivity index (χ2v) is 10.5. The topological polar surface area (TPSA) is 76.5 Å². The van der Waals surface area contributed by atoms with Crippen molar-refractivity contribution >= 4 is 5.82 Å². The minimum atomic E-state index is -4.52. The number of aromatic nitrogens is 4. The molecule has 0 bridgehead atoms. The molecule has 8 nitrogen and oxygen atoms in total. The van der Waals surface area contributed by atoms with Crippen molar-refractivity contribution in [2.45, 2.75) is 51.8 Å². The molecule has 0 spiro atoms. The van der Waals surface area contributed by atoms with Gasteiger partial charge in [0.1, 0.15) is 23.9 Å². The number of halogens is 3. The quantitative estimate of drug-likeness (QED) is 0.343. The van der Waals surface area contributed by atoms with Crippen LogP contribution >= 0.6 is 0 Å². The molecule has 1 aliphatic heterocycles. The third kappa shape index (κ3) is 8.51. The van der Waals surface area contributed by atoms with Gasteiger partial charge >= 0.3 is 12.2 Å². The second kappa shape index (κ2) is 12.6. The molecule has 0 atom stereocenters. The van der Waals surface area contributed by atoms with Gasteiger partial charge in [-0.05, 0) is 24.9 Å². The predicted molar refractivity (Wildman–Crippen MR) is 142 cm³/mol. The third-order valence-electron chi connectivity index (χ3n) is 6.27. The van der Waals surface area contributed by atoms with E-state index >= 15 is 0 Å². The maximum atomic E-state index is 13.5. The Balaban J connectivity index is 1.26.